The summed E-state index contributed by atoms with van der Waals surface area (Å²) in [6.45, 7) is 0. The molecular formula is C9H8BrClO. The zero-order chi connectivity index (χ0) is 8.97. The average molecular weight is 248 g/mol. The van der Waals surface area contributed by atoms with Crippen molar-refractivity contribution in [2.75, 3.05) is 0 Å². The van der Waals surface area contributed by atoms with E-state index in [1.165, 1.54) is 0 Å². The van der Waals surface area contributed by atoms with Gasteiger partial charge >= 0.3 is 0 Å². The maximum atomic E-state index is 11.3. The molecule has 1 aromatic carbocycles. The molecule has 0 aliphatic carbocycles. The van der Waals surface area contributed by atoms with Crippen LogP contribution in [0, 0.1) is 0 Å². The highest BCUT2D eigenvalue weighted by Gasteiger charge is 2.08. The highest BCUT2D eigenvalue weighted by Crippen LogP contribution is 2.13. The van der Waals surface area contributed by atoms with Crippen LogP contribution in [-0.4, -0.2) is 10.1 Å². The molecule has 0 saturated heterocycles. The van der Waals surface area contributed by atoms with Crippen LogP contribution in [0.4, 0.5) is 0 Å². The van der Waals surface area contributed by atoms with E-state index >= 15 is 0 Å². The Hall–Kier alpha value is -0.340. The van der Waals surface area contributed by atoms with Crippen molar-refractivity contribution in [3.05, 3.63) is 35.9 Å². The van der Waals surface area contributed by atoms with Crippen molar-refractivity contribution in [1.29, 1.82) is 0 Å². The van der Waals surface area contributed by atoms with E-state index in [1.54, 1.807) is 12.1 Å². The van der Waals surface area contributed by atoms with Crippen LogP contribution in [0.1, 0.15) is 16.8 Å². The summed E-state index contributed by atoms with van der Waals surface area (Å²) in [5.41, 5.74) is 0.711. The summed E-state index contributed by atoms with van der Waals surface area (Å²) in [5, 5.41) is 0. The van der Waals surface area contributed by atoms with Crippen LogP contribution in [0.3, 0.4) is 0 Å². The van der Waals surface area contributed by atoms with Crippen LogP contribution in [-0.2, 0) is 0 Å². The molecule has 0 radical (unpaired) electrons. The first-order valence-electron chi connectivity index (χ1n) is 3.56. The molecule has 0 saturated carbocycles. The molecule has 1 unspecified atom stereocenters. The van der Waals surface area contributed by atoms with Gasteiger partial charge in [-0.05, 0) is 0 Å². The highest BCUT2D eigenvalue weighted by atomic mass is 79.9. The summed E-state index contributed by atoms with van der Waals surface area (Å²) in [5.74, 6) is 0.0625. The number of hydrogen-bond donors (Lipinski definition) is 0. The van der Waals surface area contributed by atoms with Gasteiger partial charge in [-0.3, -0.25) is 4.79 Å². The largest absolute Gasteiger partial charge is 0.294 e. The number of Topliss-reactive ketones (excluding diaryl/α,β-unsaturated/α-hetero) is 1. The number of carbonyl (C=O) groups excluding carboxylic acids is 1. The second kappa shape index (κ2) is 4.63. The zero-order valence-corrected chi connectivity index (χ0v) is 8.68. The molecule has 0 N–H and O–H groups in total. The third kappa shape index (κ3) is 2.95. The van der Waals surface area contributed by atoms with Gasteiger partial charge in [0, 0.05) is 12.0 Å². The number of benzene rings is 1. The van der Waals surface area contributed by atoms with Crippen molar-refractivity contribution in [3.8, 4) is 0 Å². The van der Waals surface area contributed by atoms with Crippen LogP contribution < -0.4 is 0 Å². The predicted molar refractivity (Wildman–Crippen MR) is 54.0 cm³/mol. The van der Waals surface area contributed by atoms with Gasteiger partial charge in [-0.15, -0.1) is 11.6 Å². The Morgan fingerprint density at radius 3 is 2.50 bits per heavy atom. The van der Waals surface area contributed by atoms with E-state index in [1.807, 2.05) is 18.2 Å². The zero-order valence-electron chi connectivity index (χ0n) is 6.34. The Morgan fingerprint density at radius 2 is 2.00 bits per heavy atom. The number of alkyl halides is 2. The molecule has 0 spiro atoms. The molecular weight excluding hydrogens is 239 g/mol. The fourth-order valence-electron chi connectivity index (χ4n) is 0.882. The standard InChI is InChI=1S/C9H8BrClO/c10-9(11)6-8(12)7-4-2-1-3-5-7/h1-5,9H,6H2. The second-order valence-electron chi connectivity index (χ2n) is 2.38. The summed E-state index contributed by atoms with van der Waals surface area (Å²) in [4.78, 5) is 11.3. The van der Waals surface area contributed by atoms with Gasteiger partial charge in [0.1, 0.15) is 0 Å². The summed E-state index contributed by atoms with van der Waals surface area (Å²) in [6.07, 6.45) is 0.325. The summed E-state index contributed by atoms with van der Waals surface area (Å²) in [7, 11) is 0. The molecule has 1 atom stereocenters. The fraction of sp³-hybridized carbons (Fsp3) is 0.222. The predicted octanol–water partition coefficient (Wildman–Crippen LogP) is 3.22. The topological polar surface area (TPSA) is 17.1 Å². The molecule has 0 aromatic heterocycles. The van der Waals surface area contributed by atoms with E-state index in [0.29, 0.717) is 12.0 Å². The van der Waals surface area contributed by atoms with Crippen molar-refractivity contribution >= 4 is 33.3 Å². The van der Waals surface area contributed by atoms with Crippen molar-refractivity contribution in [2.45, 2.75) is 10.7 Å². The maximum absolute atomic E-state index is 11.3. The Balaban J connectivity index is 2.66. The molecule has 0 bridgehead atoms. The summed E-state index contributed by atoms with van der Waals surface area (Å²) >= 11 is 8.74. The SMILES string of the molecule is O=C(CC(Cl)Br)c1ccccc1. The number of rotatable bonds is 3. The third-order valence-corrected chi connectivity index (χ3v) is 1.91. The maximum Gasteiger partial charge on any atom is 0.165 e. The van der Waals surface area contributed by atoms with Gasteiger partial charge in [-0.25, -0.2) is 0 Å². The second-order valence-corrected chi connectivity index (χ2v) is 4.54. The lowest BCUT2D eigenvalue weighted by atomic mass is 10.1. The third-order valence-electron chi connectivity index (χ3n) is 1.44. The van der Waals surface area contributed by atoms with E-state index in [0.717, 1.165) is 0 Å². The molecule has 1 rings (SSSR count). The highest BCUT2D eigenvalue weighted by molar-refractivity contribution is 9.10. The van der Waals surface area contributed by atoms with Gasteiger partial charge in [0.15, 0.2) is 5.78 Å². The van der Waals surface area contributed by atoms with Gasteiger partial charge in [0.25, 0.3) is 0 Å². The Kier molecular flexibility index (Phi) is 3.76. The number of carbonyl (C=O) groups is 1. The molecule has 12 heavy (non-hydrogen) atoms. The van der Waals surface area contributed by atoms with E-state index in [2.05, 4.69) is 15.9 Å². The first-order valence-corrected chi connectivity index (χ1v) is 4.92. The van der Waals surface area contributed by atoms with Crippen molar-refractivity contribution < 1.29 is 4.79 Å². The molecule has 1 nitrogen and oxygen atoms in total. The summed E-state index contributed by atoms with van der Waals surface area (Å²) in [6, 6.07) is 9.13. The minimum absolute atomic E-state index is 0.0625. The molecule has 0 aliphatic heterocycles. The van der Waals surface area contributed by atoms with Gasteiger partial charge in [-0.2, -0.15) is 0 Å². The fourth-order valence-corrected chi connectivity index (χ4v) is 1.32. The lowest BCUT2D eigenvalue weighted by molar-refractivity contribution is 0.0987. The monoisotopic (exact) mass is 246 g/mol. The number of hydrogen-bond acceptors (Lipinski definition) is 1. The Bertz CT molecular complexity index is 258. The van der Waals surface area contributed by atoms with Crippen molar-refractivity contribution in [3.63, 3.8) is 0 Å². The molecule has 0 aliphatic rings. The minimum atomic E-state index is -0.273. The molecule has 3 heteroatoms. The lowest BCUT2D eigenvalue weighted by Gasteiger charge is -2.00. The number of halogens is 2. The van der Waals surface area contributed by atoms with Crippen LogP contribution in [0.2, 0.25) is 0 Å². The average Bonchev–Trinajstić information content (AvgIpc) is 2.05. The molecule has 0 amide bonds. The van der Waals surface area contributed by atoms with Gasteiger partial charge in [0.2, 0.25) is 0 Å². The molecule has 0 fully saturated rings. The van der Waals surface area contributed by atoms with Crippen LogP contribution >= 0.6 is 27.5 Å². The van der Waals surface area contributed by atoms with Gasteiger partial charge in [-0.1, -0.05) is 46.3 Å². The van der Waals surface area contributed by atoms with Crippen LogP contribution in [0.5, 0.6) is 0 Å². The first kappa shape index (κ1) is 9.75. The normalized spacial score (nSPS) is 12.5. The Labute approximate surface area is 84.9 Å². The van der Waals surface area contributed by atoms with Crippen molar-refractivity contribution in [2.24, 2.45) is 0 Å². The van der Waals surface area contributed by atoms with Crippen LogP contribution in [0.25, 0.3) is 0 Å². The molecule has 0 heterocycles. The minimum Gasteiger partial charge on any atom is -0.294 e. The quantitative estimate of drug-likeness (QED) is 0.592. The van der Waals surface area contributed by atoms with E-state index < -0.39 is 0 Å². The first-order chi connectivity index (χ1) is 5.70. The smallest absolute Gasteiger partial charge is 0.165 e. The Morgan fingerprint density at radius 1 is 1.42 bits per heavy atom. The van der Waals surface area contributed by atoms with Gasteiger partial charge in [0.05, 0.1) is 4.29 Å². The van der Waals surface area contributed by atoms with E-state index in [-0.39, 0.29) is 10.1 Å². The van der Waals surface area contributed by atoms with E-state index in [9.17, 15) is 4.79 Å². The molecule has 64 valence electrons. The lowest BCUT2D eigenvalue weighted by Crippen LogP contribution is -2.02. The van der Waals surface area contributed by atoms with Crippen LogP contribution in [0.15, 0.2) is 30.3 Å². The van der Waals surface area contributed by atoms with Crippen molar-refractivity contribution in [1.82, 2.24) is 0 Å². The summed E-state index contributed by atoms with van der Waals surface area (Å²) < 4.78 is -0.273. The van der Waals surface area contributed by atoms with E-state index in [4.69, 9.17) is 11.6 Å². The number of ketones is 1. The molecule has 1 aromatic rings. The van der Waals surface area contributed by atoms with Gasteiger partial charge < -0.3 is 0 Å².